The first-order valence-electron chi connectivity index (χ1n) is 7.89. The van der Waals surface area contributed by atoms with Crippen molar-refractivity contribution in [1.29, 1.82) is 0 Å². The van der Waals surface area contributed by atoms with E-state index in [1.165, 1.54) is 0 Å². The van der Waals surface area contributed by atoms with Gasteiger partial charge in [-0.1, -0.05) is 19.9 Å². The molecule has 0 bridgehead atoms. The van der Waals surface area contributed by atoms with Gasteiger partial charge in [-0.3, -0.25) is 9.78 Å². The van der Waals surface area contributed by atoms with Crippen molar-refractivity contribution in [3.63, 3.8) is 0 Å². The van der Waals surface area contributed by atoms with E-state index in [1.807, 2.05) is 32.9 Å². The second kappa shape index (κ2) is 6.32. The van der Waals surface area contributed by atoms with Gasteiger partial charge in [0.05, 0.1) is 12.2 Å². The van der Waals surface area contributed by atoms with Crippen LogP contribution in [0.25, 0.3) is 0 Å². The van der Waals surface area contributed by atoms with Gasteiger partial charge in [0.1, 0.15) is 17.3 Å². The lowest BCUT2D eigenvalue weighted by atomic mass is 10.1. The molecule has 6 heteroatoms. The van der Waals surface area contributed by atoms with Crippen molar-refractivity contribution >= 4 is 11.7 Å². The van der Waals surface area contributed by atoms with Gasteiger partial charge in [-0.25, -0.2) is 9.97 Å². The van der Waals surface area contributed by atoms with Crippen LogP contribution in [0.15, 0.2) is 18.3 Å². The van der Waals surface area contributed by atoms with Gasteiger partial charge in [0.2, 0.25) is 0 Å². The van der Waals surface area contributed by atoms with Crippen LogP contribution < -0.4 is 10.6 Å². The first-order valence-corrected chi connectivity index (χ1v) is 7.89. The Labute approximate surface area is 135 Å². The van der Waals surface area contributed by atoms with E-state index in [0.29, 0.717) is 24.6 Å². The predicted octanol–water partition coefficient (Wildman–Crippen LogP) is 2.20. The van der Waals surface area contributed by atoms with E-state index in [2.05, 4.69) is 25.6 Å². The molecule has 6 nitrogen and oxygen atoms in total. The number of aryl methyl sites for hydroxylation is 1. The molecule has 1 aliphatic heterocycles. The lowest BCUT2D eigenvalue weighted by Crippen LogP contribution is -2.34. The third kappa shape index (κ3) is 3.16. The van der Waals surface area contributed by atoms with Crippen molar-refractivity contribution in [2.45, 2.75) is 39.7 Å². The molecule has 2 aromatic heterocycles. The highest BCUT2D eigenvalue weighted by Crippen LogP contribution is 2.23. The van der Waals surface area contributed by atoms with Crippen LogP contribution >= 0.6 is 0 Å². The molecular formula is C17H21N5O. The van der Waals surface area contributed by atoms with Gasteiger partial charge in [0, 0.05) is 24.2 Å². The average molecular weight is 311 g/mol. The fourth-order valence-corrected chi connectivity index (χ4v) is 2.59. The van der Waals surface area contributed by atoms with Gasteiger partial charge in [-0.15, -0.1) is 0 Å². The van der Waals surface area contributed by atoms with Crippen LogP contribution in [0, 0.1) is 6.92 Å². The Morgan fingerprint density at radius 3 is 2.91 bits per heavy atom. The molecule has 0 aliphatic carbocycles. The number of rotatable bonds is 4. The highest BCUT2D eigenvalue weighted by atomic mass is 16.1. The molecule has 0 atom stereocenters. The van der Waals surface area contributed by atoms with Gasteiger partial charge in [0.25, 0.3) is 5.91 Å². The number of nitrogens with zero attached hydrogens (tertiary/aromatic N) is 3. The van der Waals surface area contributed by atoms with E-state index < -0.39 is 0 Å². The van der Waals surface area contributed by atoms with Gasteiger partial charge in [0.15, 0.2) is 0 Å². The lowest BCUT2D eigenvalue weighted by Gasteiger charge is -2.21. The van der Waals surface area contributed by atoms with Crippen molar-refractivity contribution in [2.24, 2.45) is 0 Å². The van der Waals surface area contributed by atoms with E-state index in [1.54, 1.807) is 6.20 Å². The Bertz CT molecular complexity index is 742. The molecule has 0 saturated heterocycles. The van der Waals surface area contributed by atoms with Gasteiger partial charge in [-0.2, -0.15) is 0 Å². The molecule has 0 fully saturated rings. The fourth-order valence-electron chi connectivity index (χ4n) is 2.59. The predicted molar refractivity (Wildman–Crippen MR) is 88.5 cm³/mol. The van der Waals surface area contributed by atoms with Crippen LogP contribution in [0.1, 0.15) is 52.9 Å². The smallest absolute Gasteiger partial charge is 0.270 e. The number of carbonyl (C=O) groups is 1. The van der Waals surface area contributed by atoms with E-state index in [4.69, 9.17) is 0 Å². The molecule has 2 aromatic rings. The molecular weight excluding hydrogens is 290 g/mol. The molecule has 0 unspecified atom stereocenters. The summed E-state index contributed by atoms with van der Waals surface area (Å²) < 4.78 is 0. The first-order chi connectivity index (χ1) is 11.1. The second-order valence-corrected chi connectivity index (χ2v) is 6.04. The topological polar surface area (TPSA) is 79.8 Å². The van der Waals surface area contributed by atoms with Crippen LogP contribution in [-0.4, -0.2) is 27.4 Å². The van der Waals surface area contributed by atoms with Crippen molar-refractivity contribution < 1.29 is 4.79 Å². The van der Waals surface area contributed by atoms with Gasteiger partial charge < -0.3 is 10.6 Å². The molecule has 0 spiro atoms. The van der Waals surface area contributed by atoms with Crippen molar-refractivity contribution in [3.05, 3.63) is 46.7 Å². The largest absolute Gasteiger partial charge is 0.364 e. The number of nitrogens with one attached hydrogen (secondary N) is 2. The summed E-state index contributed by atoms with van der Waals surface area (Å²) >= 11 is 0. The fraction of sp³-hybridized carbons (Fsp3) is 0.412. The van der Waals surface area contributed by atoms with Crippen LogP contribution in [-0.2, 0) is 13.0 Å². The summed E-state index contributed by atoms with van der Waals surface area (Å²) in [6.07, 6.45) is 2.52. The molecule has 3 heterocycles. The molecule has 0 radical (unpaired) electrons. The third-order valence-corrected chi connectivity index (χ3v) is 3.96. The summed E-state index contributed by atoms with van der Waals surface area (Å²) in [6.45, 7) is 7.28. The van der Waals surface area contributed by atoms with Crippen molar-refractivity contribution in [1.82, 2.24) is 20.3 Å². The number of amides is 1. The number of aromatic nitrogens is 3. The van der Waals surface area contributed by atoms with E-state index >= 15 is 0 Å². The quantitative estimate of drug-likeness (QED) is 0.905. The van der Waals surface area contributed by atoms with Crippen LogP contribution in [0.5, 0.6) is 0 Å². The highest BCUT2D eigenvalue weighted by Gasteiger charge is 2.24. The summed E-state index contributed by atoms with van der Waals surface area (Å²) in [7, 11) is 0. The monoisotopic (exact) mass is 311 g/mol. The first kappa shape index (κ1) is 15.4. The highest BCUT2D eigenvalue weighted by molar-refractivity contribution is 5.96. The van der Waals surface area contributed by atoms with Crippen molar-refractivity contribution in [2.75, 3.05) is 11.9 Å². The maximum Gasteiger partial charge on any atom is 0.270 e. The lowest BCUT2D eigenvalue weighted by molar-refractivity contribution is 0.0940. The minimum absolute atomic E-state index is 0.118. The molecule has 1 amide bonds. The van der Waals surface area contributed by atoms with E-state index in [0.717, 1.165) is 29.1 Å². The van der Waals surface area contributed by atoms with E-state index in [9.17, 15) is 4.79 Å². The maximum atomic E-state index is 12.1. The van der Waals surface area contributed by atoms with E-state index in [-0.39, 0.29) is 11.8 Å². The van der Waals surface area contributed by atoms with Crippen molar-refractivity contribution in [3.8, 4) is 0 Å². The van der Waals surface area contributed by atoms with Gasteiger partial charge in [-0.05, 0) is 25.0 Å². The molecule has 0 saturated carbocycles. The summed E-state index contributed by atoms with van der Waals surface area (Å²) in [5.41, 5.74) is 3.50. The summed E-state index contributed by atoms with van der Waals surface area (Å²) in [5.74, 6) is 1.47. The molecule has 23 heavy (non-hydrogen) atoms. The third-order valence-electron chi connectivity index (χ3n) is 3.96. The average Bonchev–Trinajstić information content (AvgIpc) is 2.54. The summed E-state index contributed by atoms with van der Waals surface area (Å²) in [5, 5.41) is 6.20. The van der Waals surface area contributed by atoms with Crippen LogP contribution in [0.3, 0.4) is 0 Å². The molecule has 2 N–H and O–H groups in total. The maximum absolute atomic E-state index is 12.1. The number of fused-ring (bicyclic) bond motifs is 1. The Kier molecular flexibility index (Phi) is 4.23. The molecule has 0 aromatic carbocycles. The SMILES string of the molecule is Cc1cccnc1CNc1nc(C(C)C)nc2c1CCNC2=O. The summed E-state index contributed by atoms with van der Waals surface area (Å²) in [6, 6.07) is 3.96. The Morgan fingerprint density at radius 2 is 2.17 bits per heavy atom. The zero-order valence-corrected chi connectivity index (χ0v) is 13.7. The zero-order chi connectivity index (χ0) is 16.4. The number of hydrogen-bond donors (Lipinski definition) is 2. The zero-order valence-electron chi connectivity index (χ0n) is 13.7. The molecule has 1 aliphatic rings. The minimum Gasteiger partial charge on any atom is -0.364 e. The Hall–Kier alpha value is -2.50. The molecule has 120 valence electrons. The Morgan fingerprint density at radius 1 is 1.35 bits per heavy atom. The van der Waals surface area contributed by atoms with Crippen LogP contribution in [0.2, 0.25) is 0 Å². The number of hydrogen-bond acceptors (Lipinski definition) is 5. The second-order valence-electron chi connectivity index (χ2n) is 6.04. The van der Waals surface area contributed by atoms with Crippen LogP contribution in [0.4, 0.5) is 5.82 Å². The standard InChI is InChI=1S/C17H21N5O/c1-10(2)15-21-14-12(6-8-19-17(14)23)16(22-15)20-9-13-11(3)5-4-7-18-13/h4-5,7,10H,6,8-9H2,1-3H3,(H,19,23)(H,20,21,22). The minimum atomic E-state index is -0.118. The Balaban J connectivity index is 1.94. The number of pyridine rings is 1. The number of anilines is 1. The summed E-state index contributed by atoms with van der Waals surface area (Å²) in [4.78, 5) is 25.6. The normalized spacial score (nSPS) is 13.7. The van der Waals surface area contributed by atoms with Gasteiger partial charge >= 0.3 is 0 Å². The number of carbonyl (C=O) groups excluding carboxylic acids is 1. The molecule has 3 rings (SSSR count).